The summed E-state index contributed by atoms with van der Waals surface area (Å²) in [7, 11) is 4.02. The van der Waals surface area contributed by atoms with E-state index < -0.39 is 0 Å². The van der Waals surface area contributed by atoms with E-state index in [0.29, 0.717) is 6.54 Å². The zero-order valence-electron chi connectivity index (χ0n) is 11.1. The molecule has 0 spiro atoms. The van der Waals surface area contributed by atoms with Crippen molar-refractivity contribution in [2.24, 2.45) is 0 Å². The fourth-order valence-corrected chi connectivity index (χ4v) is 2.62. The molecule has 0 unspecified atom stereocenters. The number of hydrogen-bond acceptors (Lipinski definition) is 3. The van der Waals surface area contributed by atoms with E-state index in [1.807, 2.05) is 26.2 Å². The monoisotopic (exact) mass is 257 g/mol. The molecule has 2 heterocycles. The van der Waals surface area contributed by atoms with Gasteiger partial charge in [0.05, 0.1) is 0 Å². The smallest absolute Gasteiger partial charge is 0.133 e. The molecule has 2 aromatic rings. The largest absolute Gasteiger partial charge is 0.370 e. The Morgan fingerprint density at radius 3 is 2.68 bits per heavy atom. The van der Waals surface area contributed by atoms with Crippen molar-refractivity contribution in [2.75, 3.05) is 23.9 Å². The molecule has 0 bridgehead atoms. The number of pyridine rings is 1. The van der Waals surface area contributed by atoms with Crippen LogP contribution in [-0.2, 0) is 13.1 Å². The topological polar surface area (TPSA) is 19.4 Å². The average molecular weight is 257 g/mol. The Balaban J connectivity index is 2.09. The van der Waals surface area contributed by atoms with Crippen LogP contribution in [0.25, 0.3) is 0 Å². The Hall–Kier alpha value is -2.10. The van der Waals surface area contributed by atoms with E-state index in [2.05, 4.69) is 20.9 Å². The van der Waals surface area contributed by atoms with Crippen LogP contribution < -0.4 is 9.80 Å². The summed E-state index contributed by atoms with van der Waals surface area (Å²) in [6, 6.07) is 9.01. The molecule has 0 amide bonds. The van der Waals surface area contributed by atoms with Gasteiger partial charge in [-0.3, -0.25) is 0 Å². The SMILES string of the molecule is CN1Cc2cccnc2N(C)Cc2cc(F)ccc21. The minimum Gasteiger partial charge on any atom is -0.370 e. The van der Waals surface area contributed by atoms with Crippen LogP contribution >= 0.6 is 0 Å². The Kier molecular flexibility index (Phi) is 2.85. The third kappa shape index (κ3) is 2.14. The minimum absolute atomic E-state index is 0.192. The van der Waals surface area contributed by atoms with Gasteiger partial charge in [0.2, 0.25) is 0 Å². The van der Waals surface area contributed by atoms with Gasteiger partial charge in [-0.1, -0.05) is 6.07 Å². The fraction of sp³-hybridized carbons (Fsp3) is 0.267. The van der Waals surface area contributed by atoms with Crippen molar-refractivity contribution in [3.63, 3.8) is 0 Å². The third-order valence-corrected chi connectivity index (χ3v) is 3.50. The summed E-state index contributed by atoms with van der Waals surface area (Å²) in [5, 5.41) is 0. The molecule has 3 rings (SSSR count). The highest BCUT2D eigenvalue weighted by Gasteiger charge is 2.18. The molecule has 0 atom stereocenters. The molecule has 1 aliphatic heterocycles. The fourth-order valence-electron chi connectivity index (χ4n) is 2.62. The molecule has 98 valence electrons. The van der Waals surface area contributed by atoms with E-state index in [-0.39, 0.29) is 5.82 Å². The van der Waals surface area contributed by atoms with Crippen molar-refractivity contribution in [3.05, 3.63) is 53.5 Å². The molecule has 1 aromatic carbocycles. The van der Waals surface area contributed by atoms with Crippen molar-refractivity contribution in [2.45, 2.75) is 13.1 Å². The molecule has 1 aromatic heterocycles. The molecule has 0 saturated heterocycles. The molecule has 0 fully saturated rings. The van der Waals surface area contributed by atoms with Gasteiger partial charge in [0.25, 0.3) is 0 Å². The molecule has 3 nitrogen and oxygen atoms in total. The predicted octanol–water partition coefficient (Wildman–Crippen LogP) is 2.81. The quantitative estimate of drug-likeness (QED) is 0.723. The Morgan fingerprint density at radius 2 is 1.84 bits per heavy atom. The summed E-state index contributed by atoms with van der Waals surface area (Å²) < 4.78 is 13.4. The van der Waals surface area contributed by atoms with Gasteiger partial charge in [-0.15, -0.1) is 0 Å². The summed E-state index contributed by atoms with van der Waals surface area (Å²) in [5.41, 5.74) is 3.24. The molecule has 1 aliphatic rings. The first-order chi connectivity index (χ1) is 9.15. The first kappa shape index (κ1) is 12.0. The lowest BCUT2D eigenvalue weighted by atomic mass is 10.1. The van der Waals surface area contributed by atoms with E-state index in [1.54, 1.807) is 12.3 Å². The zero-order valence-corrected chi connectivity index (χ0v) is 11.1. The molecular formula is C15H16FN3. The average Bonchev–Trinajstić information content (AvgIpc) is 2.38. The van der Waals surface area contributed by atoms with Crippen molar-refractivity contribution >= 4 is 11.5 Å². The number of nitrogens with zero attached hydrogens (tertiary/aromatic N) is 3. The summed E-state index contributed by atoms with van der Waals surface area (Å²) in [6.45, 7) is 1.42. The third-order valence-electron chi connectivity index (χ3n) is 3.50. The second-order valence-electron chi connectivity index (χ2n) is 4.97. The molecule has 0 N–H and O–H groups in total. The van der Waals surface area contributed by atoms with Gasteiger partial charge in [0.15, 0.2) is 0 Å². The first-order valence-corrected chi connectivity index (χ1v) is 6.30. The van der Waals surface area contributed by atoms with Gasteiger partial charge in [0.1, 0.15) is 11.6 Å². The van der Waals surface area contributed by atoms with Crippen molar-refractivity contribution in [1.82, 2.24) is 4.98 Å². The molecule has 4 heteroatoms. The Morgan fingerprint density at radius 1 is 1.05 bits per heavy atom. The maximum absolute atomic E-state index is 13.4. The summed E-state index contributed by atoms with van der Waals surface area (Å²) >= 11 is 0. The highest BCUT2D eigenvalue weighted by molar-refractivity contribution is 5.59. The zero-order chi connectivity index (χ0) is 13.4. The highest BCUT2D eigenvalue weighted by Crippen LogP contribution is 2.29. The Bertz CT molecular complexity index is 612. The molecule has 0 radical (unpaired) electrons. The maximum atomic E-state index is 13.4. The number of anilines is 2. The Labute approximate surface area is 112 Å². The van der Waals surface area contributed by atoms with Gasteiger partial charge in [0, 0.05) is 44.6 Å². The standard InChI is InChI=1S/C15H16FN3/c1-18-9-11-4-3-7-17-15(11)19(2)10-12-8-13(16)5-6-14(12)18/h3-8H,9-10H2,1-2H3. The number of hydrogen-bond donors (Lipinski definition) is 0. The van der Waals surface area contributed by atoms with Crippen LogP contribution in [0.5, 0.6) is 0 Å². The van der Waals surface area contributed by atoms with Crippen molar-refractivity contribution in [1.29, 1.82) is 0 Å². The maximum Gasteiger partial charge on any atom is 0.133 e. The second kappa shape index (κ2) is 4.53. The minimum atomic E-state index is -0.192. The lowest BCUT2D eigenvalue weighted by Crippen LogP contribution is -2.28. The van der Waals surface area contributed by atoms with Gasteiger partial charge < -0.3 is 9.80 Å². The number of rotatable bonds is 0. The van der Waals surface area contributed by atoms with Crippen LogP contribution in [-0.4, -0.2) is 19.1 Å². The van der Waals surface area contributed by atoms with E-state index in [1.165, 1.54) is 11.6 Å². The highest BCUT2D eigenvalue weighted by atomic mass is 19.1. The molecule has 19 heavy (non-hydrogen) atoms. The normalized spacial score (nSPS) is 14.5. The molecular weight excluding hydrogens is 241 g/mol. The lowest BCUT2D eigenvalue weighted by molar-refractivity contribution is 0.624. The van der Waals surface area contributed by atoms with Crippen molar-refractivity contribution in [3.8, 4) is 0 Å². The summed E-state index contributed by atoms with van der Waals surface area (Å²) in [5.74, 6) is 0.770. The number of fused-ring (bicyclic) bond motifs is 2. The van der Waals surface area contributed by atoms with Crippen LogP contribution in [0.2, 0.25) is 0 Å². The van der Waals surface area contributed by atoms with Gasteiger partial charge in [-0.2, -0.15) is 0 Å². The van der Waals surface area contributed by atoms with Gasteiger partial charge >= 0.3 is 0 Å². The van der Waals surface area contributed by atoms with E-state index in [4.69, 9.17) is 0 Å². The van der Waals surface area contributed by atoms with Crippen LogP contribution in [0.3, 0.4) is 0 Å². The van der Waals surface area contributed by atoms with Crippen LogP contribution in [0.1, 0.15) is 11.1 Å². The van der Waals surface area contributed by atoms with Crippen LogP contribution in [0, 0.1) is 5.82 Å². The number of aromatic nitrogens is 1. The summed E-state index contributed by atoms with van der Waals surface area (Å²) in [4.78, 5) is 8.65. The van der Waals surface area contributed by atoms with E-state index in [0.717, 1.165) is 23.6 Å². The van der Waals surface area contributed by atoms with E-state index >= 15 is 0 Å². The van der Waals surface area contributed by atoms with Crippen molar-refractivity contribution < 1.29 is 4.39 Å². The number of halogens is 1. The number of benzene rings is 1. The lowest BCUT2D eigenvalue weighted by Gasteiger charge is -2.31. The summed E-state index contributed by atoms with van der Waals surface area (Å²) in [6.07, 6.45) is 1.80. The van der Waals surface area contributed by atoms with Gasteiger partial charge in [-0.05, 0) is 29.8 Å². The van der Waals surface area contributed by atoms with Gasteiger partial charge in [-0.25, -0.2) is 9.37 Å². The van der Waals surface area contributed by atoms with Crippen LogP contribution in [0.15, 0.2) is 36.5 Å². The second-order valence-corrected chi connectivity index (χ2v) is 4.97. The molecule has 0 aliphatic carbocycles. The van der Waals surface area contributed by atoms with Crippen LogP contribution in [0.4, 0.5) is 15.9 Å². The van der Waals surface area contributed by atoms with E-state index in [9.17, 15) is 4.39 Å². The first-order valence-electron chi connectivity index (χ1n) is 6.30. The predicted molar refractivity (Wildman–Crippen MR) is 74.9 cm³/mol. The molecule has 0 saturated carbocycles.